The molecule has 6 nitrogen and oxygen atoms in total. The second-order valence-corrected chi connectivity index (χ2v) is 8.45. The van der Waals surface area contributed by atoms with Gasteiger partial charge in [0, 0.05) is 12.2 Å². The van der Waals surface area contributed by atoms with Gasteiger partial charge in [0.25, 0.3) is 5.91 Å². The fraction of sp³-hybridized carbons (Fsp3) is 0.381. The van der Waals surface area contributed by atoms with E-state index in [0.717, 1.165) is 24.1 Å². The van der Waals surface area contributed by atoms with Crippen LogP contribution >= 0.6 is 11.3 Å². The highest BCUT2D eigenvalue weighted by molar-refractivity contribution is 7.12. The molecular weight excluding hydrogens is 433 g/mol. The third-order valence-electron chi connectivity index (χ3n) is 4.54. The molecule has 0 spiro atoms. The smallest absolute Gasteiger partial charge is 0.475 e. The molecule has 1 fully saturated rings. The van der Waals surface area contributed by atoms with Crippen LogP contribution in [-0.2, 0) is 15.0 Å². The summed E-state index contributed by atoms with van der Waals surface area (Å²) in [5, 5.41) is 14.9. The van der Waals surface area contributed by atoms with Crippen molar-refractivity contribution < 1.29 is 32.7 Å². The van der Waals surface area contributed by atoms with Crippen molar-refractivity contribution in [2.24, 2.45) is 5.92 Å². The average Bonchev–Trinajstić information content (AvgIpc) is 3.32. The number of benzene rings is 1. The number of carbonyl (C=O) groups excluding carboxylic acids is 2. The highest BCUT2D eigenvalue weighted by Crippen LogP contribution is 2.48. The monoisotopic (exact) mass is 456 g/mol. The van der Waals surface area contributed by atoms with E-state index in [1.165, 1.54) is 11.3 Å². The fourth-order valence-corrected chi connectivity index (χ4v) is 3.33. The Morgan fingerprint density at radius 2 is 1.71 bits per heavy atom. The normalized spacial score (nSPS) is 14.3. The van der Waals surface area contributed by atoms with E-state index < -0.39 is 12.1 Å². The number of aliphatic carboxylic acids is 1. The first-order chi connectivity index (χ1) is 14.5. The van der Waals surface area contributed by atoms with Gasteiger partial charge in [0.15, 0.2) is 0 Å². The third-order valence-corrected chi connectivity index (χ3v) is 5.41. The number of thiophene rings is 1. The molecule has 0 aliphatic heterocycles. The summed E-state index contributed by atoms with van der Waals surface area (Å²) in [4.78, 5) is 34.1. The number of halogens is 3. The number of carbonyl (C=O) groups is 3. The summed E-state index contributed by atoms with van der Waals surface area (Å²) in [5.41, 5.74) is 1.40. The van der Waals surface area contributed by atoms with E-state index in [9.17, 15) is 22.8 Å². The molecule has 0 bridgehead atoms. The van der Waals surface area contributed by atoms with Gasteiger partial charge in [-0.25, -0.2) is 4.79 Å². The Labute approximate surface area is 181 Å². The zero-order valence-corrected chi connectivity index (χ0v) is 17.8. The van der Waals surface area contributed by atoms with Crippen LogP contribution in [0.15, 0.2) is 41.8 Å². The number of carboxylic acids is 1. The van der Waals surface area contributed by atoms with Crippen LogP contribution in [-0.4, -0.2) is 35.6 Å². The van der Waals surface area contributed by atoms with Crippen molar-refractivity contribution in [1.82, 2.24) is 5.32 Å². The maximum absolute atomic E-state index is 12.5. The predicted molar refractivity (Wildman–Crippen MR) is 111 cm³/mol. The van der Waals surface area contributed by atoms with Crippen LogP contribution in [0, 0.1) is 5.92 Å². The summed E-state index contributed by atoms with van der Waals surface area (Å²) < 4.78 is 31.7. The van der Waals surface area contributed by atoms with Crippen molar-refractivity contribution in [2.45, 2.75) is 38.3 Å². The zero-order chi connectivity index (χ0) is 23.2. The van der Waals surface area contributed by atoms with Crippen LogP contribution in [0.5, 0.6) is 0 Å². The zero-order valence-electron chi connectivity index (χ0n) is 17.0. The Balaban J connectivity index is 0.000000423. The van der Waals surface area contributed by atoms with Gasteiger partial charge < -0.3 is 15.7 Å². The molecule has 1 heterocycles. The molecule has 31 heavy (non-hydrogen) atoms. The number of alkyl halides is 3. The van der Waals surface area contributed by atoms with Gasteiger partial charge in [-0.1, -0.05) is 32.0 Å². The Kier molecular flexibility index (Phi) is 7.83. The van der Waals surface area contributed by atoms with Crippen molar-refractivity contribution in [3.05, 3.63) is 52.2 Å². The Morgan fingerprint density at radius 1 is 1.13 bits per heavy atom. The molecule has 2 aromatic rings. The van der Waals surface area contributed by atoms with Crippen molar-refractivity contribution in [3.63, 3.8) is 0 Å². The van der Waals surface area contributed by atoms with Crippen LogP contribution in [0.2, 0.25) is 0 Å². The number of carboxylic acid groups (broad SMARTS) is 1. The van der Waals surface area contributed by atoms with Crippen molar-refractivity contribution in [3.8, 4) is 0 Å². The average molecular weight is 456 g/mol. The minimum atomic E-state index is -5.08. The molecule has 1 aromatic carbocycles. The highest BCUT2D eigenvalue weighted by Gasteiger charge is 2.51. The van der Waals surface area contributed by atoms with Crippen LogP contribution in [0.3, 0.4) is 0 Å². The molecule has 1 saturated carbocycles. The van der Waals surface area contributed by atoms with Gasteiger partial charge in [0.1, 0.15) is 0 Å². The molecule has 2 amide bonds. The molecule has 0 unspecified atom stereocenters. The second-order valence-electron chi connectivity index (χ2n) is 7.50. The number of nitrogens with one attached hydrogen (secondary N) is 2. The number of hydrogen-bond donors (Lipinski definition) is 3. The Hall–Kier alpha value is -2.88. The summed E-state index contributed by atoms with van der Waals surface area (Å²) >= 11 is 1.41. The molecule has 168 valence electrons. The summed E-state index contributed by atoms with van der Waals surface area (Å²) in [7, 11) is 0. The SMILES string of the molecule is CC(C)CNC(=O)C1(c2ccc(NC(=O)c3cccs3)cc2)CC1.O=C(O)C(F)(F)F. The minimum Gasteiger partial charge on any atom is -0.475 e. The molecule has 1 aliphatic rings. The molecule has 0 radical (unpaired) electrons. The highest BCUT2D eigenvalue weighted by atomic mass is 32.1. The number of rotatable bonds is 6. The third kappa shape index (κ3) is 6.81. The summed E-state index contributed by atoms with van der Waals surface area (Å²) in [6, 6.07) is 11.3. The van der Waals surface area contributed by atoms with Crippen LogP contribution < -0.4 is 10.6 Å². The maximum atomic E-state index is 12.5. The Morgan fingerprint density at radius 3 is 2.13 bits per heavy atom. The molecule has 3 rings (SSSR count). The summed E-state index contributed by atoms with van der Waals surface area (Å²) in [6.45, 7) is 4.88. The standard InChI is InChI=1S/C19H22N2O2S.C2HF3O2/c1-13(2)12-20-18(23)19(9-10-19)14-5-7-15(8-6-14)21-17(22)16-4-3-11-24-16;3-2(4,5)1(6)7/h3-8,11,13H,9-10,12H2,1-2H3,(H,20,23)(H,21,22);(H,6,7). The van der Waals surface area contributed by atoms with Crippen LogP contribution in [0.1, 0.15) is 41.9 Å². The number of amides is 2. The lowest BCUT2D eigenvalue weighted by Gasteiger charge is -2.17. The van der Waals surface area contributed by atoms with E-state index in [1.807, 2.05) is 35.7 Å². The molecule has 1 aliphatic carbocycles. The van der Waals surface area contributed by atoms with E-state index in [0.29, 0.717) is 17.3 Å². The van der Waals surface area contributed by atoms with E-state index in [-0.39, 0.29) is 17.2 Å². The molecule has 3 N–H and O–H groups in total. The van der Waals surface area contributed by atoms with Crippen LogP contribution in [0.4, 0.5) is 18.9 Å². The lowest BCUT2D eigenvalue weighted by Crippen LogP contribution is -2.36. The van der Waals surface area contributed by atoms with Crippen molar-refractivity contribution >= 4 is 34.8 Å². The lowest BCUT2D eigenvalue weighted by atomic mass is 9.94. The van der Waals surface area contributed by atoms with E-state index in [4.69, 9.17) is 9.90 Å². The van der Waals surface area contributed by atoms with E-state index >= 15 is 0 Å². The first-order valence-electron chi connectivity index (χ1n) is 9.49. The first-order valence-corrected chi connectivity index (χ1v) is 10.4. The minimum absolute atomic E-state index is 0.103. The Bertz CT molecular complexity index is 906. The largest absolute Gasteiger partial charge is 0.490 e. The lowest BCUT2D eigenvalue weighted by molar-refractivity contribution is -0.192. The second kappa shape index (κ2) is 9.95. The number of anilines is 1. The van der Waals surface area contributed by atoms with E-state index in [1.54, 1.807) is 6.07 Å². The van der Waals surface area contributed by atoms with Crippen molar-refractivity contribution in [1.29, 1.82) is 0 Å². The first kappa shape index (κ1) is 24.4. The molecule has 1 aromatic heterocycles. The molecule has 10 heteroatoms. The fourth-order valence-electron chi connectivity index (χ4n) is 2.71. The van der Waals surface area contributed by atoms with Gasteiger partial charge in [-0.05, 0) is 47.9 Å². The molecular formula is C21H23F3N2O4S. The molecule has 0 saturated heterocycles. The maximum Gasteiger partial charge on any atom is 0.490 e. The summed E-state index contributed by atoms with van der Waals surface area (Å²) in [6.07, 6.45) is -3.31. The van der Waals surface area contributed by atoms with Gasteiger partial charge in [0.2, 0.25) is 5.91 Å². The predicted octanol–water partition coefficient (Wildman–Crippen LogP) is 4.44. The van der Waals surface area contributed by atoms with Gasteiger partial charge >= 0.3 is 12.1 Å². The van der Waals surface area contributed by atoms with Crippen LogP contribution in [0.25, 0.3) is 0 Å². The van der Waals surface area contributed by atoms with E-state index in [2.05, 4.69) is 24.5 Å². The van der Waals surface area contributed by atoms with Crippen molar-refractivity contribution in [2.75, 3.05) is 11.9 Å². The molecule has 0 atom stereocenters. The summed E-state index contributed by atoms with van der Waals surface area (Å²) in [5.74, 6) is -2.30. The van der Waals surface area contributed by atoms with Gasteiger partial charge in [-0.2, -0.15) is 13.2 Å². The topological polar surface area (TPSA) is 95.5 Å². The quantitative estimate of drug-likeness (QED) is 0.599. The van der Waals surface area contributed by atoms with Gasteiger partial charge in [-0.3, -0.25) is 9.59 Å². The number of hydrogen-bond acceptors (Lipinski definition) is 4. The van der Waals surface area contributed by atoms with Gasteiger partial charge in [0.05, 0.1) is 10.3 Å². The van der Waals surface area contributed by atoms with Gasteiger partial charge in [-0.15, -0.1) is 11.3 Å².